The summed E-state index contributed by atoms with van der Waals surface area (Å²) in [5.41, 5.74) is 0.927. The van der Waals surface area contributed by atoms with Gasteiger partial charge in [-0.05, 0) is 59.8 Å². The van der Waals surface area contributed by atoms with Crippen LogP contribution in [0, 0.1) is 10.5 Å². The predicted molar refractivity (Wildman–Crippen MR) is 79.5 cm³/mol. The van der Waals surface area contributed by atoms with Crippen LogP contribution in [0.1, 0.15) is 20.1 Å². The molecule has 0 aliphatic heterocycles. The van der Waals surface area contributed by atoms with Crippen molar-refractivity contribution in [1.29, 1.82) is 0 Å². The molecule has 1 N–H and O–H groups in total. The van der Waals surface area contributed by atoms with Crippen LogP contribution in [0.5, 0.6) is 5.75 Å². The first-order valence-electron chi connectivity index (χ1n) is 5.27. The third kappa shape index (κ3) is 3.23. The summed E-state index contributed by atoms with van der Waals surface area (Å²) in [5.74, 6) is -0.0958. The topological polar surface area (TPSA) is 46.5 Å². The number of ether oxygens (including phenoxy) is 1. The minimum atomic E-state index is -0.886. The molecule has 0 amide bonds. The molecule has 0 saturated heterocycles. The van der Waals surface area contributed by atoms with E-state index in [1.165, 1.54) is 11.3 Å². The van der Waals surface area contributed by atoms with Crippen LogP contribution < -0.4 is 4.74 Å². The van der Waals surface area contributed by atoms with Gasteiger partial charge in [0.25, 0.3) is 0 Å². The van der Waals surface area contributed by atoms with Gasteiger partial charge in [-0.1, -0.05) is 0 Å². The molecule has 2 aromatic rings. The molecule has 94 valence electrons. The Morgan fingerprint density at radius 3 is 2.61 bits per heavy atom. The van der Waals surface area contributed by atoms with E-state index in [4.69, 9.17) is 9.84 Å². The molecule has 2 rings (SSSR count). The zero-order valence-corrected chi connectivity index (χ0v) is 12.6. The lowest BCUT2D eigenvalue weighted by atomic mass is 10.2. The number of hydrogen-bond donors (Lipinski definition) is 1. The summed E-state index contributed by atoms with van der Waals surface area (Å²) >= 11 is 3.51. The van der Waals surface area contributed by atoms with Gasteiger partial charge >= 0.3 is 5.97 Å². The van der Waals surface area contributed by atoms with Crippen molar-refractivity contribution in [3.05, 3.63) is 49.2 Å². The molecule has 18 heavy (non-hydrogen) atoms. The maximum atomic E-state index is 10.8. The molecule has 0 aliphatic carbocycles. The number of halogens is 1. The van der Waals surface area contributed by atoms with Crippen molar-refractivity contribution in [3.63, 3.8) is 0 Å². The second kappa shape index (κ2) is 5.71. The summed E-state index contributed by atoms with van der Waals surface area (Å²) < 4.78 is 6.78. The van der Waals surface area contributed by atoms with Gasteiger partial charge in [0.15, 0.2) is 0 Å². The van der Waals surface area contributed by atoms with E-state index in [-0.39, 0.29) is 0 Å². The zero-order valence-electron chi connectivity index (χ0n) is 9.64. The standard InChI is InChI=1S/C13H11IO3S/c1-8-9(6-12(18-8)13(15)16)7-17-11-4-2-10(14)3-5-11/h2-6H,7H2,1H3,(H,15,16). The minimum absolute atomic E-state index is 0.355. The summed E-state index contributed by atoms with van der Waals surface area (Å²) in [6.45, 7) is 2.31. The first-order chi connectivity index (χ1) is 8.56. The molecule has 0 radical (unpaired) electrons. The van der Waals surface area contributed by atoms with Crippen LogP contribution in [0.15, 0.2) is 30.3 Å². The molecule has 0 bridgehead atoms. The van der Waals surface area contributed by atoms with E-state index in [1.807, 2.05) is 31.2 Å². The van der Waals surface area contributed by atoms with Gasteiger partial charge in [0, 0.05) is 14.0 Å². The molecule has 0 spiro atoms. The van der Waals surface area contributed by atoms with Crippen molar-refractivity contribution >= 4 is 39.9 Å². The predicted octanol–water partition coefficient (Wildman–Crippen LogP) is 3.94. The minimum Gasteiger partial charge on any atom is -0.489 e. The molecule has 1 aromatic carbocycles. The number of hydrogen-bond acceptors (Lipinski definition) is 3. The van der Waals surface area contributed by atoms with Gasteiger partial charge < -0.3 is 9.84 Å². The number of benzene rings is 1. The first-order valence-corrected chi connectivity index (χ1v) is 7.17. The molecular weight excluding hydrogens is 363 g/mol. The molecule has 3 nitrogen and oxygen atoms in total. The number of aryl methyl sites for hydroxylation is 1. The summed E-state index contributed by atoms with van der Waals surface area (Å²) in [4.78, 5) is 12.2. The Kier molecular flexibility index (Phi) is 4.23. The number of carboxylic acid groups (broad SMARTS) is 1. The molecule has 1 aromatic heterocycles. The second-order valence-corrected chi connectivity index (χ2v) is 6.24. The van der Waals surface area contributed by atoms with Gasteiger partial charge in [-0.15, -0.1) is 11.3 Å². The number of rotatable bonds is 4. The zero-order chi connectivity index (χ0) is 13.1. The van der Waals surface area contributed by atoms with E-state index < -0.39 is 5.97 Å². The number of carbonyl (C=O) groups is 1. The van der Waals surface area contributed by atoms with Crippen LogP contribution in [0.25, 0.3) is 0 Å². The highest BCUT2D eigenvalue weighted by molar-refractivity contribution is 14.1. The third-order valence-electron chi connectivity index (χ3n) is 2.44. The van der Waals surface area contributed by atoms with Crippen LogP contribution >= 0.6 is 33.9 Å². The lowest BCUT2D eigenvalue weighted by Gasteiger charge is -2.05. The quantitative estimate of drug-likeness (QED) is 0.825. The molecule has 5 heteroatoms. The first kappa shape index (κ1) is 13.4. The molecule has 0 aliphatic rings. The Morgan fingerprint density at radius 1 is 1.39 bits per heavy atom. The van der Waals surface area contributed by atoms with Crippen molar-refractivity contribution < 1.29 is 14.6 Å². The van der Waals surface area contributed by atoms with Gasteiger partial charge in [-0.2, -0.15) is 0 Å². The van der Waals surface area contributed by atoms with E-state index in [1.54, 1.807) is 6.07 Å². The lowest BCUT2D eigenvalue weighted by molar-refractivity contribution is 0.0702. The highest BCUT2D eigenvalue weighted by atomic mass is 127. The smallest absolute Gasteiger partial charge is 0.345 e. The summed E-state index contributed by atoms with van der Waals surface area (Å²) in [7, 11) is 0. The van der Waals surface area contributed by atoms with Crippen molar-refractivity contribution in [3.8, 4) is 5.75 Å². The van der Waals surface area contributed by atoms with Crippen LogP contribution in [-0.4, -0.2) is 11.1 Å². The van der Waals surface area contributed by atoms with Crippen LogP contribution in [0.3, 0.4) is 0 Å². The Bertz CT molecular complexity index is 560. The van der Waals surface area contributed by atoms with Gasteiger partial charge in [0.05, 0.1) is 0 Å². The molecule has 1 heterocycles. The number of aromatic carboxylic acids is 1. The van der Waals surface area contributed by atoms with Gasteiger partial charge in [0.1, 0.15) is 17.2 Å². The van der Waals surface area contributed by atoms with Gasteiger partial charge in [-0.3, -0.25) is 0 Å². The highest BCUT2D eigenvalue weighted by Crippen LogP contribution is 2.23. The Hall–Kier alpha value is -1.08. The summed E-state index contributed by atoms with van der Waals surface area (Å²) in [5, 5.41) is 8.91. The fourth-order valence-electron chi connectivity index (χ4n) is 1.46. The molecule has 0 fully saturated rings. The maximum absolute atomic E-state index is 10.8. The highest BCUT2D eigenvalue weighted by Gasteiger charge is 2.11. The Labute approximate surface area is 123 Å². The summed E-state index contributed by atoms with van der Waals surface area (Å²) in [6.07, 6.45) is 0. The Morgan fingerprint density at radius 2 is 2.06 bits per heavy atom. The van der Waals surface area contributed by atoms with Crippen LogP contribution in [-0.2, 0) is 6.61 Å². The fourth-order valence-corrected chi connectivity index (χ4v) is 2.69. The van der Waals surface area contributed by atoms with Gasteiger partial charge in [-0.25, -0.2) is 4.79 Å². The molecule has 0 unspecified atom stereocenters. The Balaban J connectivity index is 2.06. The third-order valence-corrected chi connectivity index (χ3v) is 4.24. The van der Waals surface area contributed by atoms with E-state index in [0.717, 1.165) is 19.8 Å². The number of thiophene rings is 1. The molecule has 0 atom stereocenters. The largest absolute Gasteiger partial charge is 0.489 e. The SMILES string of the molecule is Cc1sc(C(=O)O)cc1COc1ccc(I)cc1. The summed E-state index contributed by atoms with van der Waals surface area (Å²) in [6, 6.07) is 9.43. The van der Waals surface area contributed by atoms with E-state index in [9.17, 15) is 4.79 Å². The van der Waals surface area contributed by atoms with E-state index in [0.29, 0.717) is 11.5 Å². The van der Waals surface area contributed by atoms with E-state index in [2.05, 4.69) is 22.6 Å². The van der Waals surface area contributed by atoms with Crippen LogP contribution in [0.4, 0.5) is 0 Å². The van der Waals surface area contributed by atoms with Gasteiger partial charge in [0.2, 0.25) is 0 Å². The monoisotopic (exact) mass is 374 g/mol. The molecule has 0 saturated carbocycles. The maximum Gasteiger partial charge on any atom is 0.345 e. The number of carboxylic acids is 1. The average molecular weight is 374 g/mol. The van der Waals surface area contributed by atoms with Crippen molar-refractivity contribution in [2.75, 3.05) is 0 Å². The van der Waals surface area contributed by atoms with Crippen molar-refractivity contribution in [2.24, 2.45) is 0 Å². The van der Waals surface area contributed by atoms with Crippen molar-refractivity contribution in [2.45, 2.75) is 13.5 Å². The van der Waals surface area contributed by atoms with Crippen molar-refractivity contribution in [1.82, 2.24) is 0 Å². The lowest BCUT2D eigenvalue weighted by Crippen LogP contribution is -1.96. The molecular formula is C13H11IO3S. The average Bonchev–Trinajstić information content (AvgIpc) is 2.70. The second-order valence-electron chi connectivity index (χ2n) is 3.74. The van der Waals surface area contributed by atoms with Crippen LogP contribution in [0.2, 0.25) is 0 Å². The fraction of sp³-hybridized carbons (Fsp3) is 0.154. The van der Waals surface area contributed by atoms with E-state index >= 15 is 0 Å². The normalized spacial score (nSPS) is 10.3.